The van der Waals surface area contributed by atoms with Gasteiger partial charge in [0.2, 0.25) is 0 Å². The Morgan fingerprint density at radius 3 is 2.41 bits per heavy atom. The predicted octanol–water partition coefficient (Wildman–Crippen LogP) is 6.05. The number of ether oxygens (including phenoxy) is 2. The number of imidazole rings is 1. The molecule has 3 aromatic carbocycles. The number of aromatic nitrogens is 4. The molecule has 0 radical (unpaired) electrons. The highest BCUT2D eigenvalue weighted by Gasteiger charge is 2.16. The van der Waals surface area contributed by atoms with Crippen molar-refractivity contribution in [3.63, 3.8) is 0 Å². The molecular weight excluding hydrogens is 400 g/mol. The van der Waals surface area contributed by atoms with Gasteiger partial charge in [-0.1, -0.05) is 0 Å². The Balaban J connectivity index is 1.60. The molecule has 0 fully saturated rings. The molecule has 0 bridgehead atoms. The standard InChI is InChI=1S/C26H22N4O2/c1-13-18-12-27-8-7-16(18)14(2)25-24(13)17-9-15(5-6-19(17)28-25)26-29-20-10-22(31-3)23(32-4)11-21(20)30-26/h5-12,28H,1-4H3,(H,29,30). The van der Waals surface area contributed by atoms with Crippen LogP contribution in [0.1, 0.15) is 11.1 Å². The van der Waals surface area contributed by atoms with E-state index in [1.165, 1.54) is 38.2 Å². The maximum Gasteiger partial charge on any atom is 0.163 e. The monoisotopic (exact) mass is 422 g/mol. The van der Waals surface area contributed by atoms with Crippen LogP contribution in [-0.2, 0) is 0 Å². The fraction of sp³-hybridized carbons (Fsp3) is 0.154. The minimum atomic E-state index is 0.664. The summed E-state index contributed by atoms with van der Waals surface area (Å²) in [5.74, 6) is 2.15. The van der Waals surface area contributed by atoms with Gasteiger partial charge in [0, 0.05) is 51.8 Å². The molecule has 0 spiro atoms. The van der Waals surface area contributed by atoms with E-state index in [0.717, 1.165) is 27.9 Å². The van der Waals surface area contributed by atoms with E-state index in [-0.39, 0.29) is 0 Å². The summed E-state index contributed by atoms with van der Waals surface area (Å²) in [5.41, 5.74) is 7.52. The van der Waals surface area contributed by atoms with Crippen molar-refractivity contribution in [3.05, 3.63) is 59.9 Å². The Bertz CT molecular complexity index is 1640. The molecule has 6 nitrogen and oxygen atoms in total. The molecule has 6 heteroatoms. The number of methoxy groups -OCH3 is 2. The van der Waals surface area contributed by atoms with Gasteiger partial charge in [0.25, 0.3) is 0 Å². The molecule has 158 valence electrons. The first-order chi connectivity index (χ1) is 15.6. The van der Waals surface area contributed by atoms with Crippen LogP contribution in [0.25, 0.3) is 55.0 Å². The van der Waals surface area contributed by atoms with Crippen molar-refractivity contribution in [3.8, 4) is 22.9 Å². The van der Waals surface area contributed by atoms with Crippen molar-refractivity contribution in [2.45, 2.75) is 13.8 Å². The minimum Gasteiger partial charge on any atom is -0.493 e. The molecule has 0 aliphatic heterocycles. The molecule has 6 rings (SSSR count). The van der Waals surface area contributed by atoms with E-state index in [4.69, 9.17) is 14.5 Å². The average molecular weight is 422 g/mol. The number of nitrogens with one attached hydrogen (secondary N) is 2. The highest BCUT2D eigenvalue weighted by atomic mass is 16.5. The zero-order valence-electron chi connectivity index (χ0n) is 18.3. The first-order valence-corrected chi connectivity index (χ1v) is 10.5. The lowest BCUT2D eigenvalue weighted by Gasteiger charge is -2.08. The number of benzene rings is 3. The highest BCUT2D eigenvalue weighted by Crippen LogP contribution is 2.38. The van der Waals surface area contributed by atoms with E-state index in [1.54, 1.807) is 14.2 Å². The van der Waals surface area contributed by atoms with Crippen LogP contribution < -0.4 is 9.47 Å². The zero-order valence-corrected chi connectivity index (χ0v) is 18.3. The fourth-order valence-electron chi connectivity index (χ4n) is 4.77. The number of nitrogens with zero attached hydrogens (tertiary/aromatic N) is 2. The number of pyridine rings is 1. The van der Waals surface area contributed by atoms with Gasteiger partial charge in [-0.3, -0.25) is 4.98 Å². The second kappa shape index (κ2) is 6.72. The maximum absolute atomic E-state index is 5.43. The third-order valence-corrected chi connectivity index (χ3v) is 6.44. The zero-order chi connectivity index (χ0) is 22.0. The number of rotatable bonds is 3. The van der Waals surface area contributed by atoms with Gasteiger partial charge in [0.15, 0.2) is 11.5 Å². The van der Waals surface area contributed by atoms with E-state index in [0.29, 0.717) is 11.5 Å². The van der Waals surface area contributed by atoms with E-state index >= 15 is 0 Å². The molecule has 2 N–H and O–H groups in total. The summed E-state index contributed by atoms with van der Waals surface area (Å²) in [4.78, 5) is 16.2. The molecule has 0 atom stereocenters. The minimum absolute atomic E-state index is 0.664. The summed E-state index contributed by atoms with van der Waals surface area (Å²) in [5, 5.41) is 4.84. The number of hydrogen-bond donors (Lipinski definition) is 2. The van der Waals surface area contributed by atoms with Crippen molar-refractivity contribution in [1.82, 2.24) is 19.9 Å². The van der Waals surface area contributed by atoms with Gasteiger partial charge in [-0.2, -0.15) is 0 Å². The Hall–Kier alpha value is -4.06. The summed E-state index contributed by atoms with van der Waals surface area (Å²) in [6.07, 6.45) is 3.81. The van der Waals surface area contributed by atoms with Gasteiger partial charge in [-0.25, -0.2) is 4.98 Å². The van der Waals surface area contributed by atoms with Crippen LogP contribution in [0.3, 0.4) is 0 Å². The Labute approximate surface area is 184 Å². The quantitative estimate of drug-likeness (QED) is 0.364. The smallest absolute Gasteiger partial charge is 0.163 e. The Morgan fingerprint density at radius 2 is 1.59 bits per heavy atom. The topological polar surface area (TPSA) is 75.8 Å². The van der Waals surface area contributed by atoms with Gasteiger partial charge in [-0.15, -0.1) is 0 Å². The maximum atomic E-state index is 5.43. The SMILES string of the molecule is COc1cc2nc(-c3ccc4[nH]c5c(C)c6ccncc6c(C)c5c4c3)[nH]c2cc1OC. The van der Waals surface area contributed by atoms with Gasteiger partial charge < -0.3 is 19.4 Å². The highest BCUT2D eigenvalue weighted by molar-refractivity contribution is 6.16. The van der Waals surface area contributed by atoms with E-state index in [1.807, 2.05) is 24.5 Å². The van der Waals surface area contributed by atoms with Gasteiger partial charge in [0.05, 0.1) is 30.8 Å². The second-order valence-electron chi connectivity index (χ2n) is 8.12. The molecule has 0 amide bonds. The molecule has 0 aliphatic rings. The van der Waals surface area contributed by atoms with Crippen molar-refractivity contribution in [2.75, 3.05) is 14.2 Å². The van der Waals surface area contributed by atoms with Crippen molar-refractivity contribution in [1.29, 1.82) is 0 Å². The molecule has 0 unspecified atom stereocenters. The molecule has 32 heavy (non-hydrogen) atoms. The lowest BCUT2D eigenvalue weighted by atomic mass is 9.96. The van der Waals surface area contributed by atoms with E-state index in [2.05, 4.69) is 53.1 Å². The van der Waals surface area contributed by atoms with Crippen molar-refractivity contribution in [2.24, 2.45) is 0 Å². The average Bonchev–Trinajstić information content (AvgIpc) is 3.42. The number of fused-ring (bicyclic) bond motifs is 5. The van der Waals surface area contributed by atoms with Crippen molar-refractivity contribution >= 4 is 43.6 Å². The Morgan fingerprint density at radius 1 is 0.781 bits per heavy atom. The number of aromatic amines is 2. The molecule has 0 aliphatic carbocycles. The molecule has 3 heterocycles. The van der Waals surface area contributed by atoms with Crippen LogP contribution in [0.5, 0.6) is 11.5 Å². The second-order valence-corrected chi connectivity index (χ2v) is 8.12. The number of hydrogen-bond acceptors (Lipinski definition) is 4. The number of aryl methyl sites for hydroxylation is 2. The first kappa shape index (κ1) is 18.7. The molecule has 0 saturated carbocycles. The van der Waals surface area contributed by atoms with Crippen LogP contribution in [0.4, 0.5) is 0 Å². The first-order valence-electron chi connectivity index (χ1n) is 10.5. The third kappa shape index (κ3) is 2.52. The predicted molar refractivity (Wildman–Crippen MR) is 129 cm³/mol. The summed E-state index contributed by atoms with van der Waals surface area (Å²) in [6, 6.07) is 12.3. The summed E-state index contributed by atoms with van der Waals surface area (Å²) in [6.45, 7) is 4.34. The molecular formula is C26H22N4O2. The van der Waals surface area contributed by atoms with Crippen LogP contribution in [0, 0.1) is 13.8 Å². The van der Waals surface area contributed by atoms with Crippen LogP contribution in [0.15, 0.2) is 48.8 Å². The molecule has 6 aromatic rings. The van der Waals surface area contributed by atoms with E-state index in [9.17, 15) is 0 Å². The van der Waals surface area contributed by atoms with Crippen molar-refractivity contribution < 1.29 is 9.47 Å². The summed E-state index contributed by atoms with van der Waals surface area (Å²) >= 11 is 0. The normalized spacial score (nSPS) is 11.8. The fourth-order valence-corrected chi connectivity index (χ4v) is 4.77. The molecule has 3 aromatic heterocycles. The van der Waals surface area contributed by atoms with Crippen LogP contribution in [0.2, 0.25) is 0 Å². The lowest BCUT2D eigenvalue weighted by molar-refractivity contribution is 0.356. The molecule has 0 saturated heterocycles. The summed E-state index contributed by atoms with van der Waals surface area (Å²) in [7, 11) is 3.27. The van der Waals surface area contributed by atoms with E-state index < -0.39 is 0 Å². The lowest BCUT2D eigenvalue weighted by Crippen LogP contribution is -1.89. The van der Waals surface area contributed by atoms with Gasteiger partial charge in [0.1, 0.15) is 5.82 Å². The Kier molecular flexibility index (Phi) is 3.92. The van der Waals surface area contributed by atoms with Gasteiger partial charge >= 0.3 is 0 Å². The third-order valence-electron chi connectivity index (χ3n) is 6.44. The van der Waals surface area contributed by atoms with Crippen LogP contribution >= 0.6 is 0 Å². The summed E-state index contributed by atoms with van der Waals surface area (Å²) < 4.78 is 10.9. The largest absolute Gasteiger partial charge is 0.493 e. The van der Waals surface area contributed by atoms with Crippen LogP contribution in [-0.4, -0.2) is 34.2 Å². The van der Waals surface area contributed by atoms with Gasteiger partial charge in [-0.05, 0) is 54.6 Å². The number of H-pyrrole nitrogens is 2.